The number of aliphatic hydroxyl groups excluding tert-OH is 1. The zero-order valence-electron chi connectivity index (χ0n) is 14.7. The van der Waals surface area contributed by atoms with Crippen LogP contribution in [0.4, 0.5) is 0 Å². The highest BCUT2D eigenvalue weighted by molar-refractivity contribution is 5.82. The van der Waals surface area contributed by atoms with E-state index in [4.69, 9.17) is 24.4 Å². The van der Waals surface area contributed by atoms with E-state index in [0.717, 1.165) is 0 Å². The van der Waals surface area contributed by atoms with Crippen molar-refractivity contribution < 1.29 is 34.0 Å². The summed E-state index contributed by atoms with van der Waals surface area (Å²) in [5.74, 6) is -2.15. The van der Waals surface area contributed by atoms with Gasteiger partial charge in [-0.1, -0.05) is 6.08 Å². The Morgan fingerprint density at radius 3 is 2.46 bits per heavy atom. The molecule has 1 rings (SSSR count). The van der Waals surface area contributed by atoms with E-state index in [1.54, 1.807) is 33.8 Å². The number of hydrogen-bond donors (Lipinski definition) is 2. The summed E-state index contributed by atoms with van der Waals surface area (Å²) in [7, 11) is 0. The molecule has 24 heavy (non-hydrogen) atoms. The molecule has 0 aliphatic carbocycles. The van der Waals surface area contributed by atoms with Crippen molar-refractivity contribution in [2.75, 3.05) is 0 Å². The zero-order valence-corrected chi connectivity index (χ0v) is 14.7. The van der Waals surface area contributed by atoms with Gasteiger partial charge in [-0.25, -0.2) is 4.79 Å². The summed E-state index contributed by atoms with van der Waals surface area (Å²) >= 11 is 0. The summed E-state index contributed by atoms with van der Waals surface area (Å²) in [6.45, 7) is 6.94. The minimum Gasteiger partial charge on any atom is -0.481 e. The average Bonchev–Trinajstić information content (AvgIpc) is 2.69. The second-order valence-corrected chi connectivity index (χ2v) is 6.62. The van der Waals surface area contributed by atoms with Crippen LogP contribution in [0.1, 0.15) is 53.4 Å². The summed E-state index contributed by atoms with van der Waals surface area (Å²) in [6, 6.07) is 0. The number of aliphatic carboxylic acids is 1. The SMILES string of the molecule is C[C@H](C[C@@H]1OC(C)(C)O[C@H]1CCC(=O)O)OC(=O)/C=C/C[C@@H](C)O. The van der Waals surface area contributed by atoms with Gasteiger partial charge in [0.1, 0.15) is 6.10 Å². The van der Waals surface area contributed by atoms with Gasteiger partial charge >= 0.3 is 11.9 Å². The molecule has 0 aromatic rings. The van der Waals surface area contributed by atoms with E-state index in [2.05, 4.69) is 0 Å². The van der Waals surface area contributed by atoms with Crippen LogP contribution >= 0.6 is 0 Å². The summed E-state index contributed by atoms with van der Waals surface area (Å²) in [5.41, 5.74) is 0. The van der Waals surface area contributed by atoms with Crippen LogP contribution in [0.2, 0.25) is 0 Å². The van der Waals surface area contributed by atoms with Crippen LogP contribution in [-0.4, -0.2) is 52.4 Å². The molecule has 0 saturated carbocycles. The maximum Gasteiger partial charge on any atom is 0.330 e. The standard InChI is InChI=1S/C17H28O7/c1-11(18)6-5-7-16(21)22-12(2)10-14-13(8-9-15(19)20)23-17(3,4)24-14/h5,7,11-14,18H,6,8-10H2,1-4H3,(H,19,20)/b7-5+/t11-,12-,13+,14+/m1/s1. The van der Waals surface area contributed by atoms with E-state index in [1.807, 2.05) is 0 Å². The van der Waals surface area contributed by atoms with Gasteiger partial charge in [-0.3, -0.25) is 4.79 Å². The maximum absolute atomic E-state index is 11.7. The van der Waals surface area contributed by atoms with Gasteiger partial charge in [0.15, 0.2) is 5.79 Å². The molecule has 0 unspecified atom stereocenters. The quantitative estimate of drug-likeness (QED) is 0.487. The van der Waals surface area contributed by atoms with E-state index in [9.17, 15) is 9.59 Å². The molecule has 1 fully saturated rings. The first-order valence-electron chi connectivity index (χ1n) is 8.21. The molecule has 1 heterocycles. The number of carbonyl (C=O) groups is 2. The Hall–Kier alpha value is -1.44. The van der Waals surface area contributed by atoms with E-state index in [0.29, 0.717) is 19.3 Å². The first-order valence-corrected chi connectivity index (χ1v) is 8.21. The normalized spacial score (nSPS) is 25.5. The lowest BCUT2D eigenvalue weighted by molar-refractivity contribution is -0.153. The first-order chi connectivity index (χ1) is 11.1. The topological polar surface area (TPSA) is 102 Å². The molecule has 0 amide bonds. The van der Waals surface area contributed by atoms with Gasteiger partial charge < -0.3 is 24.4 Å². The summed E-state index contributed by atoms with van der Waals surface area (Å²) in [6.07, 6.45) is 2.42. The number of rotatable bonds is 9. The summed E-state index contributed by atoms with van der Waals surface area (Å²) in [4.78, 5) is 22.4. The van der Waals surface area contributed by atoms with Crippen LogP contribution in [0.25, 0.3) is 0 Å². The van der Waals surface area contributed by atoms with E-state index < -0.39 is 29.9 Å². The van der Waals surface area contributed by atoms with Crippen molar-refractivity contribution >= 4 is 11.9 Å². The lowest BCUT2D eigenvalue weighted by Crippen LogP contribution is -2.29. The Labute approximate surface area is 142 Å². The molecule has 7 heteroatoms. The molecule has 1 saturated heterocycles. The summed E-state index contributed by atoms with van der Waals surface area (Å²) < 4.78 is 16.8. The van der Waals surface area contributed by atoms with Crippen molar-refractivity contribution in [2.24, 2.45) is 0 Å². The van der Waals surface area contributed by atoms with E-state index in [-0.39, 0.29) is 18.6 Å². The second kappa shape index (κ2) is 9.15. The highest BCUT2D eigenvalue weighted by Crippen LogP contribution is 2.33. The van der Waals surface area contributed by atoms with Crippen LogP contribution in [0.3, 0.4) is 0 Å². The van der Waals surface area contributed by atoms with Crippen LogP contribution in [-0.2, 0) is 23.8 Å². The molecule has 4 atom stereocenters. The minimum absolute atomic E-state index is 0.00312. The van der Waals surface area contributed by atoms with Gasteiger partial charge in [0.05, 0.1) is 18.3 Å². The number of carboxylic acid groups (broad SMARTS) is 1. The van der Waals surface area contributed by atoms with Crippen molar-refractivity contribution in [3.63, 3.8) is 0 Å². The molecule has 1 aliphatic heterocycles. The maximum atomic E-state index is 11.7. The zero-order chi connectivity index (χ0) is 18.3. The molecular formula is C17H28O7. The van der Waals surface area contributed by atoms with Crippen molar-refractivity contribution in [1.82, 2.24) is 0 Å². The third-order valence-electron chi connectivity index (χ3n) is 3.54. The third-order valence-corrected chi connectivity index (χ3v) is 3.54. The van der Waals surface area contributed by atoms with Gasteiger partial charge in [-0.05, 0) is 40.5 Å². The molecule has 0 radical (unpaired) electrons. The van der Waals surface area contributed by atoms with Crippen molar-refractivity contribution in [3.8, 4) is 0 Å². The molecule has 7 nitrogen and oxygen atoms in total. The van der Waals surface area contributed by atoms with Crippen molar-refractivity contribution in [1.29, 1.82) is 0 Å². The number of aliphatic hydroxyl groups is 1. The molecule has 2 N–H and O–H groups in total. The number of esters is 1. The van der Waals surface area contributed by atoms with Crippen LogP contribution < -0.4 is 0 Å². The average molecular weight is 344 g/mol. The predicted octanol–water partition coefficient (Wildman–Crippen LogP) is 2.02. The Kier molecular flexibility index (Phi) is 7.86. The summed E-state index contributed by atoms with van der Waals surface area (Å²) in [5, 5.41) is 18.0. The Balaban J connectivity index is 2.50. The molecule has 0 spiro atoms. The number of hydrogen-bond acceptors (Lipinski definition) is 6. The Morgan fingerprint density at radius 2 is 1.88 bits per heavy atom. The second-order valence-electron chi connectivity index (χ2n) is 6.62. The smallest absolute Gasteiger partial charge is 0.330 e. The third kappa shape index (κ3) is 7.90. The van der Waals surface area contributed by atoms with Gasteiger partial charge in [-0.15, -0.1) is 0 Å². The number of carbonyl (C=O) groups excluding carboxylic acids is 1. The molecule has 138 valence electrons. The fourth-order valence-corrected chi connectivity index (χ4v) is 2.59. The fourth-order valence-electron chi connectivity index (χ4n) is 2.59. The van der Waals surface area contributed by atoms with Gasteiger partial charge in [0.25, 0.3) is 0 Å². The lowest BCUT2D eigenvalue weighted by Gasteiger charge is -2.20. The highest BCUT2D eigenvalue weighted by atomic mass is 16.8. The largest absolute Gasteiger partial charge is 0.481 e. The van der Waals surface area contributed by atoms with Gasteiger partial charge in [0, 0.05) is 18.9 Å². The fraction of sp³-hybridized carbons (Fsp3) is 0.765. The van der Waals surface area contributed by atoms with Crippen molar-refractivity contribution in [3.05, 3.63) is 12.2 Å². The first kappa shape index (κ1) is 20.6. The van der Waals surface area contributed by atoms with Gasteiger partial charge in [-0.2, -0.15) is 0 Å². The number of ether oxygens (including phenoxy) is 3. The van der Waals surface area contributed by atoms with E-state index in [1.165, 1.54) is 6.08 Å². The highest BCUT2D eigenvalue weighted by Gasteiger charge is 2.41. The van der Waals surface area contributed by atoms with Crippen LogP contribution in [0.5, 0.6) is 0 Å². The Bertz CT molecular complexity index is 456. The van der Waals surface area contributed by atoms with Crippen molar-refractivity contribution in [2.45, 2.75) is 83.6 Å². The van der Waals surface area contributed by atoms with E-state index >= 15 is 0 Å². The predicted molar refractivity (Wildman–Crippen MR) is 86.3 cm³/mol. The monoisotopic (exact) mass is 344 g/mol. The van der Waals surface area contributed by atoms with Gasteiger partial charge in [0.2, 0.25) is 0 Å². The van der Waals surface area contributed by atoms with Crippen LogP contribution in [0.15, 0.2) is 12.2 Å². The minimum atomic E-state index is -0.884. The molecule has 0 aromatic heterocycles. The Morgan fingerprint density at radius 1 is 1.25 bits per heavy atom. The lowest BCUT2D eigenvalue weighted by atomic mass is 10.0. The van der Waals surface area contributed by atoms with Crippen LogP contribution in [0, 0.1) is 0 Å². The molecule has 0 aromatic carbocycles. The molecular weight excluding hydrogens is 316 g/mol. The number of carboxylic acids is 1. The molecule has 1 aliphatic rings. The molecule has 0 bridgehead atoms.